The number of hydrogen-bond donors (Lipinski definition) is 0. The molecule has 4 saturated carbocycles. The van der Waals surface area contributed by atoms with Crippen LogP contribution in [-0.4, -0.2) is 24.6 Å². The molecule has 0 heterocycles. The lowest BCUT2D eigenvalue weighted by atomic mass is 9.53. The molecular weight excluding hydrogens is 741 g/mol. The molecule has 0 saturated heterocycles. The van der Waals surface area contributed by atoms with Gasteiger partial charge in [0.05, 0.1) is 13.2 Å². The minimum atomic E-state index is -2.06. The van der Waals surface area contributed by atoms with Crippen LogP contribution in [0.5, 0.6) is 0 Å². The van der Waals surface area contributed by atoms with Gasteiger partial charge < -0.3 is 4.74 Å². The summed E-state index contributed by atoms with van der Waals surface area (Å²) >= 11 is 0. The van der Waals surface area contributed by atoms with E-state index >= 15 is 17.6 Å². The molecule has 6 rings (SSSR count). The van der Waals surface area contributed by atoms with Crippen molar-refractivity contribution >= 4 is 0 Å². The molecule has 0 bridgehead atoms. The van der Waals surface area contributed by atoms with Crippen LogP contribution in [0.1, 0.15) is 219 Å². The van der Waals surface area contributed by atoms with Crippen LogP contribution < -0.4 is 0 Å². The molecule has 0 aromatic carbocycles. The monoisotopic (exact) mass is 827 g/mol. The molecule has 59 heavy (non-hydrogen) atoms. The third-order valence-corrected chi connectivity index (χ3v) is 17.3. The van der Waals surface area contributed by atoms with Crippen LogP contribution in [0.15, 0.2) is 48.1 Å². The van der Waals surface area contributed by atoms with E-state index in [0.29, 0.717) is 0 Å². The van der Waals surface area contributed by atoms with Crippen molar-refractivity contribution < 1.29 is 22.3 Å². The topological polar surface area (TPSA) is 9.23 Å². The standard InChI is InChI=1S/C54H86F4O/c1-3-5-7-9-11-15-21-43-23-27-47(28-24-43)51(33-17-13-18-34-51)53(57)37-31-45(39-49(53)55)41-59-42-46-32-38-54(58,50(56)40-46)52(35-19-14-20-36-52)48-29-25-44(26-30-48)22-16-12-10-8-6-4-2/h31-32,37-40,43-48H,3-30,33-36,41-42H2,1-2H3/t43-,44-,45-,46-,47-,48-,53-,54-/m1/s1. The lowest BCUT2D eigenvalue weighted by Crippen LogP contribution is -2.52. The van der Waals surface area contributed by atoms with E-state index in [0.717, 1.165) is 127 Å². The van der Waals surface area contributed by atoms with Gasteiger partial charge in [0.2, 0.25) is 0 Å². The Labute approximate surface area is 359 Å². The first-order chi connectivity index (χ1) is 28.7. The molecule has 0 amide bonds. The van der Waals surface area contributed by atoms with Crippen molar-refractivity contribution in [1.82, 2.24) is 0 Å². The molecule has 0 aromatic rings. The van der Waals surface area contributed by atoms with Crippen molar-refractivity contribution in [3.05, 3.63) is 48.1 Å². The smallest absolute Gasteiger partial charge is 0.185 e. The van der Waals surface area contributed by atoms with Crippen LogP contribution in [0, 0.1) is 46.3 Å². The molecule has 4 fully saturated rings. The molecule has 0 aliphatic heterocycles. The average Bonchev–Trinajstić information content (AvgIpc) is 3.26. The molecule has 0 unspecified atom stereocenters. The molecule has 6 aliphatic carbocycles. The molecule has 4 atom stereocenters. The fraction of sp³-hybridized carbons (Fsp3) is 0.852. The minimum Gasteiger partial charge on any atom is -0.380 e. The number of allylic oxidation sites excluding steroid dienone is 4. The van der Waals surface area contributed by atoms with Crippen molar-refractivity contribution in [3.63, 3.8) is 0 Å². The van der Waals surface area contributed by atoms with Gasteiger partial charge in [0, 0.05) is 22.7 Å². The zero-order chi connectivity index (χ0) is 41.6. The number of rotatable bonds is 22. The normalized spacial score (nSPS) is 34.7. The third-order valence-electron chi connectivity index (χ3n) is 17.3. The van der Waals surface area contributed by atoms with Crippen molar-refractivity contribution in [2.75, 3.05) is 13.2 Å². The zero-order valence-electron chi connectivity index (χ0n) is 37.9. The van der Waals surface area contributed by atoms with Crippen molar-refractivity contribution in [1.29, 1.82) is 0 Å². The Kier molecular flexibility index (Phi) is 18.2. The molecule has 6 aliphatic rings. The van der Waals surface area contributed by atoms with E-state index in [-0.39, 0.29) is 36.9 Å². The van der Waals surface area contributed by atoms with Crippen LogP contribution in [0.4, 0.5) is 17.6 Å². The highest BCUT2D eigenvalue weighted by molar-refractivity contribution is 5.35. The predicted octanol–water partition coefficient (Wildman–Crippen LogP) is 17.5. The van der Waals surface area contributed by atoms with E-state index in [4.69, 9.17) is 4.74 Å². The van der Waals surface area contributed by atoms with Crippen LogP contribution in [0.25, 0.3) is 0 Å². The van der Waals surface area contributed by atoms with Gasteiger partial charge in [-0.25, -0.2) is 17.6 Å². The van der Waals surface area contributed by atoms with Gasteiger partial charge in [-0.3, -0.25) is 0 Å². The van der Waals surface area contributed by atoms with E-state index in [2.05, 4.69) is 13.8 Å². The van der Waals surface area contributed by atoms with E-state index in [1.165, 1.54) is 102 Å². The van der Waals surface area contributed by atoms with E-state index in [1.54, 1.807) is 12.2 Å². The van der Waals surface area contributed by atoms with Crippen molar-refractivity contribution in [3.8, 4) is 0 Å². The first-order valence-electron chi connectivity index (χ1n) is 25.8. The summed E-state index contributed by atoms with van der Waals surface area (Å²) in [6.45, 7) is 4.92. The summed E-state index contributed by atoms with van der Waals surface area (Å²) in [6.07, 6.45) is 46.0. The summed E-state index contributed by atoms with van der Waals surface area (Å²) < 4.78 is 73.6. The van der Waals surface area contributed by atoms with Gasteiger partial charge in [0.15, 0.2) is 11.3 Å². The maximum Gasteiger partial charge on any atom is 0.185 e. The average molecular weight is 827 g/mol. The molecule has 1 nitrogen and oxygen atoms in total. The molecule has 336 valence electrons. The second-order valence-electron chi connectivity index (χ2n) is 21.0. The van der Waals surface area contributed by atoms with Gasteiger partial charge in [-0.2, -0.15) is 0 Å². The third kappa shape index (κ3) is 11.2. The summed E-state index contributed by atoms with van der Waals surface area (Å²) in [6, 6.07) is 0. The van der Waals surface area contributed by atoms with Gasteiger partial charge in [0.1, 0.15) is 11.7 Å². The highest BCUT2D eigenvalue weighted by Crippen LogP contribution is 2.62. The van der Waals surface area contributed by atoms with Gasteiger partial charge in [-0.1, -0.05) is 180 Å². The van der Waals surface area contributed by atoms with E-state index in [9.17, 15) is 0 Å². The Bertz CT molecular complexity index is 1250. The largest absolute Gasteiger partial charge is 0.380 e. The molecule has 5 heteroatoms. The predicted molar refractivity (Wildman–Crippen MR) is 240 cm³/mol. The van der Waals surface area contributed by atoms with Gasteiger partial charge in [-0.15, -0.1) is 0 Å². The van der Waals surface area contributed by atoms with E-state index in [1.807, 2.05) is 12.2 Å². The fourth-order valence-corrected chi connectivity index (χ4v) is 13.7. The number of alkyl halides is 2. The molecule has 0 N–H and O–H groups in total. The van der Waals surface area contributed by atoms with Crippen LogP contribution >= 0.6 is 0 Å². The maximum absolute atomic E-state index is 17.4. The summed E-state index contributed by atoms with van der Waals surface area (Å²) in [5.74, 6) is -0.130. The number of ether oxygens (including phenoxy) is 1. The Balaban J connectivity index is 0.995. The summed E-state index contributed by atoms with van der Waals surface area (Å²) in [5, 5.41) is 0. The van der Waals surface area contributed by atoms with Crippen molar-refractivity contribution in [2.24, 2.45) is 46.3 Å². The van der Waals surface area contributed by atoms with Crippen LogP contribution in [0.2, 0.25) is 0 Å². The SMILES string of the molecule is CCCCCCCC[C@H]1CC[C@H](C2([C@@]3(F)C=C[C@@H](COC[C@@H]4C=C[C@](F)(C5([C@H]6CC[C@H](CCCCCCCC)CC6)CCCCC5)C(F)=C4)C=C3F)CCCCC2)CC1. The van der Waals surface area contributed by atoms with Crippen molar-refractivity contribution in [2.45, 2.75) is 231 Å². The Morgan fingerprint density at radius 1 is 0.492 bits per heavy atom. The summed E-state index contributed by atoms with van der Waals surface area (Å²) in [7, 11) is 0. The number of hydrogen-bond acceptors (Lipinski definition) is 1. The Morgan fingerprint density at radius 2 is 0.847 bits per heavy atom. The lowest BCUT2D eigenvalue weighted by molar-refractivity contribution is -0.0591. The minimum absolute atomic E-state index is 0.197. The molecule has 0 spiro atoms. The van der Waals surface area contributed by atoms with Gasteiger partial charge in [-0.05, 0) is 99.3 Å². The number of unbranched alkanes of at least 4 members (excludes halogenated alkanes) is 10. The first kappa shape index (κ1) is 47.1. The van der Waals surface area contributed by atoms with Gasteiger partial charge in [0.25, 0.3) is 0 Å². The second kappa shape index (κ2) is 22.8. The zero-order valence-corrected chi connectivity index (χ0v) is 37.9. The fourth-order valence-electron chi connectivity index (χ4n) is 13.7. The lowest BCUT2D eigenvalue weighted by Gasteiger charge is -2.53. The van der Waals surface area contributed by atoms with Crippen LogP contribution in [-0.2, 0) is 4.74 Å². The van der Waals surface area contributed by atoms with Crippen LogP contribution in [0.3, 0.4) is 0 Å². The Hall–Kier alpha value is -1.36. The quantitative estimate of drug-likeness (QED) is 0.0600. The Morgan fingerprint density at radius 3 is 1.20 bits per heavy atom. The first-order valence-corrected chi connectivity index (χ1v) is 25.8. The van der Waals surface area contributed by atoms with Gasteiger partial charge >= 0.3 is 0 Å². The molecular formula is C54H86F4O. The highest BCUT2D eigenvalue weighted by atomic mass is 19.2. The summed E-state index contributed by atoms with van der Waals surface area (Å²) in [5.41, 5.74) is -5.47. The van der Waals surface area contributed by atoms with E-state index < -0.39 is 33.8 Å². The molecule has 0 radical (unpaired) electrons. The number of halogens is 4. The maximum atomic E-state index is 17.4. The molecule has 0 aromatic heterocycles. The second-order valence-corrected chi connectivity index (χ2v) is 21.0. The summed E-state index contributed by atoms with van der Waals surface area (Å²) in [4.78, 5) is 0. The highest BCUT2D eigenvalue weighted by Gasteiger charge is 2.60.